The number of hydrogen-bond acceptors (Lipinski definition) is 5. The number of anilines is 2. The van der Waals surface area contributed by atoms with Crippen molar-refractivity contribution < 1.29 is 27.8 Å². The van der Waals surface area contributed by atoms with Gasteiger partial charge in [0.25, 0.3) is 0 Å². The molecule has 0 aromatic heterocycles. The minimum atomic E-state index is -0.814. The molecule has 0 radical (unpaired) electrons. The van der Waals surface area contributed by atoms with Crippen LogP contribution in [0.3, 0.4) is 0 Å². The van der Waals surface area contributed by atoms with E-state index in [1.807, 2.05) is 18.2 Å². The quantitative estimate of drug-likeness (QED) is 0.731. The molecule has 3 rings (SSSR count). The Hall–Kier alpha value is -3.36. The molecular formula is C23H27F2N3O4. The summed E-state index contributed by atoms with van der Waals surface area (Å²) >= 11 is 0. The predicted octanol–water partition coefficient (Wildman–Crippen LogP) is 4.77. The summed E-state index contributed by atoms with van der Waals surface area (Å²) in [6.07, 6.45) is -1.27. The van der Waals surface area contributed by atoms with Gasteiger partial charge in [0.05, 0.1) is 0 Å². The highest BCUT2D eigenvalue weighted by Crippen LogP contribution is 2.28. The van der Waals surface area contributed by atoms with Gasteiger partial charge >= 0.3 is 12.2 Å². The zero-order valence-electron chi connectivity index (χ0n) is 18.4. The summed E-state index contributed by atoms with van der Waals surface area (Å²) in [6, 6.07) is 11.1. The summed E-state index contributed by atoms with van der Waals surface area (Å²) in [5.41, 5.74) is -0.0653. The number of rotatable bonds is 4. The standard InChI is InChI=1S/C23H27F2N3O4/c1-23(2,3)32-22(30)28-11-9-27(10-12-28)20-18(24)13-17(14-19(20)25)26-21(29)31-15-16-7-5-4-6-8-16/h4-8,13-14H,9-12,15H2,1-3H3,(H,26,29). The molecule has 32 heavy (non-hydrogen) atoms. The maximum atomic E-state index is 14.7. The fourth-order valence-corrected chi connectivity index (χ4v) is 3.26. The van der Waals surface area contributed by atoms with Crippen LogP contribution in [-0.4, -0.2) is 48.9 Å². The topological polar surface area (TPSA) is 71.1 Å². The first-order valence-corrected chi connectivity index (χ1v) is 10.3. The Balaban J connectivity index is 1.58. The van der Waals surface area contributed by atoms with E-state index < -0.39 is 29.4 Å². The zero-order valence-corrected chi connectivity index (χ0v) is 18.4. The number of hydrogen-bond donors (Lipinski definition) is 1. The van der Waals surface area contributed by atoms with E-state index in [-0.39, 0.29) is 44.2 Å². The molecule has 2 amide bonds. The summed E-state index contributed by atoms with van der Waals surface area (Å²) < 4.78 is 39.8. The summed E-state index contributed by atoms with van der Waals surface area (Å²) in [5, 5.41) is 2.34. The average Bonchev–Trinajstić information content (AvgIpc) is 2.72. The molecular weight excluding hydrogens is 420 g/mol. The minimum absolute atomic E-state index is 0.0393. The minimum Gasteiger partial charge on any atom is -0.444 e. The molecule has 0 bridgehead atoms. The van der Waals surface area contributed by atoms with Crippen molar-refractivity contribution in [1.29, 1.82) is 0 Å². The Morgan fingerprint density at radius 3 is 2.16 bits per heavy atom. The zero-order chi connectivity index (χ0) is 23.3. The van der Waals surface area contributed by atoms with E-state index >= 15 is 0 Å². The van der Waals surface area contributed by atoms with Crippen LogP contribution in [0.1, 0.15) is 26.3 Å². The van der Waals surface area contributed by atoms with Gasteiger partial charge in [-0.15, -0.1) is 0 Å². The molecule has 1 aliphatic rings. The summed E-state index contributed by atoms with van der Waals surface area (Å²) in [6.45, 7) is 6.42. The van der Waals surface area contributed by atoms with E-state index in [1.54, 1.807) is 32.9 Å². The van der Waals surface area contributed by atoms with Gasteiger partial charge in [-0.1, -0.05) is 30.3 Å². The molecule has 0 aliphatic carbocycles. The van der Waals surface area contributed by atoms with Crippen molar-refractivity contribution in [3.63, 3.8) is 0 Å². The Morgan fingerprint density at radius 2 is 1.59 bits per heavy atom. The Morgan fingerprint density at radius 1 is 1.00 bits per heavy atom. The lowest BCUT2D eigenvalue weighted by molar-refractivity contribution is 0.0240. The number of ether oxygens (including phenoxy) is 2. The lowest BCUT2D eigenvalue weighted by Crippen LogP contribution is -2.50. The van der Waals surface area contributed by atoms with E-state index in [1.165, 1.54) is 9.80 Å². The van der Waals surface area contributed by atoms with Crippen LogP contribution in [0.15, 0.2) is 42.5 Å². The number of nitrogens with one attached hydrogen (secondary N) is 1. The highest BCUT2D eigenvalue weighted by molar-refractivity contribution is 5.85. The molecule has 1 saturated heterocycles. The third-order valence-corrected chi connectivity index (χ3v) is 4.72. The van der Waals surface area contributed by atoms with Crippen molar-refractivity contribution in [3.05, 3.63) is 59.7 Å². The number of halogens is 2. The van der Waals surface area contributed by atoms with Crippen LogP contribution in [0.2, 0.25) is 0 Å². The van der Waals surface area contributed by atoms with E-state index in [9.17, 15) is 18.4 Å². The fraction of sp³-hybridized carbons (Fsp3) is 0.391. The van der Waals surface area contributed by atoms with E-state index in [2.05, 4.69) is 5.32 Å². The second-order valence-electron chi connectivity index (χ2n) is 8.43. The maximum absolute atomic E-state index is 14.7. The summed E-state index contributed by atoms with van der Waals surface area (Å²) in [5.74, 6) is -1.62. The van der Waals surface area contributed by atoms with Gasteiger partial charge in [-0.3, -0.25) is 5.32 Å². The monoisotopic (exact) mass is 447 g/mol. The number of carbonyl (C=O) groups is 2. The van der Waals surface area contributed by atoms with Crippen LogP contribution in [-0.2, 0) is 16.1 Å². The van der Waals surface area contributed by atoms with Gasteiger partial charge in [0, 0.05) is 31.9 Å². The SMILES string of the molecule is CC(C)(C)OC(=O)N1CCN(c2c(F)cc(NC(=O)OCc3ccccc3)cc2F)CC1. The van der Waals surface area contributed by atoms with Gasteiger partial charge in [0.2, 0.25) is 0 Å². The second kappa shape index (κ2) is 9.84. The highest BCUT2D eigenvalue weighted by Gasteiger charge is 2.28. The van der Waals surface area contributed by atoms with E-state index in [0.717, 1.165) is 17.7 Å². The molecule has 1 heterocycles. The van der Waals surface area contributed by atoms with Crippen LogP contribution in [0.4, 0.5) is 29.7 Å². The molecule has 1 aliphatic heterocycles. The third-order valence-electron chi connectivity index (χ3n) is 4.72. The predicted molar refractivity (Wildman–Crippen MR) is 117 cm³/mol. The first kappa shape index (κ1) is 23.3. The first-order chi connectivity index (χ1) is 15.1. The Bertz CT molecular complexity index is 932. The summed E-state index contributed by atoms with van der Waals surface area (Å²) in [7, 11) is 0. The molecule has 1 N–H and O–H groups in total. The lowest BCUT2D eigenvalue weighted by Gasteiger charge is -2.37. The van der Waals surface area contributed by atoms with E-state index in [4.69, 9.17) is 9.47 Å². The first-order valence-electron chi connectivity index (χ1n) is 10.3. The van der Waals surface area contributed by atoms with Crippen LogP contribution in [0.25, 0.3) is 0 Å². The molecule has 0 spiro atoms. The largest absolute Gasteiger partial charge is 0.444 e. The molecule has 2 aromatic carbocycles. The number of amides is 2. The van der Waals surface area contributed by atoms with Crippen LogP contribution < -0.4 is 10.2 Å². The van der Waals surface area contributed by atoms with Crippen LogP contribution >= 0.6 is 0 Å². The molecule has 0 atom stereocenters. The number of carbonyl (C=O) groups excluding carboxylic acids is 2. The Kier molecular flexibility index (Phi) is 7.17. The summed E-state index contributed by atoms with van der Waals surface area (Å²) in [4.78, 5) is 27.2. The van der Waals surface area contributed by atoms with Gasteiger partial charge in [0.1, 0.15) is 17.9 Å². The van der Waals surface area contributed by atoms with Crippen molar-refractivity contribution in [2.45, 2.75) is 33.0 Å². The molecule has 9 heteroatoms. The van der Waals surface area contributed by atoms with Gasteiger partial charge < -0.3 is 19.3 Å². The van der Waals surface area contributed by atoms with Crippen molar-refractivity contribution in [1.82, 2.24) is 4.90 Å². The molecule has 7 nitrogen and oxygen atoms in total. The van der Waals surface area contributed by atoms with Crippen LogP contribution in [0, 0.1) is 11.6 Å². The van der Waals surface area contributed by atoms with Crippen LogP contribution in [0.5, 0.6) is 0 Å². The number of nitrogens with zero attached hydrogens (tertiary/aromatic N) is 2. The van der Waals surface area contributed by atoms with Gasteiger partial charge in [-0.05, 0) is 38.5 Å². The molecule has 2 aromatic rings. The normalized spacial score (nSPS) is 14.2. The maximum Gasteiger partial charge on any atom is 0.411 e. The van der Waals surface area contributed by atoms with E-state index in [0.29, 0.717) is 0 Å². The molecule has 0 unspecified atom stereocenters. The smallest absolute Gasteiger partial charge is 0.411 e. The van der Waals surface area contributed by atoms with Crippen molar-refractivity contribution >= 4 is 23.6 Å². The number of piperazine rings is 1. The highest BCUT2D eigenvalue weighted by atomic mass is 19.1. The van der Waals surface area contributed by atoms with Gasteiger partial charge in [0.15, 0.2) is 11.6 Å². The Labute approximate surface area is 185 Å². The van der Waals surface area contributed by atoms with Crippen molar-refractivity contribution in [3.8, 4) is 0 Å². The average molecular weight is 447 g/mol. The lowest BCUT2D eigenvalue weighted by atomic mass is 10.2. The number of benzene rings is 2. The third kappa shape index (κ3) is 6.32. The second-order valence-corrected chi connectivity index (χ2v) is 8.43. The molecule has 172 valence electrons. The van der Waals surface area contributed by atoms with Gasteiger partial charge in [-0.2, -0.15) is 0 Å². The van der Waals surface area contributed by atoms with Crippen molar-refractivity contribution in [2.24, 2.45) is 0 Å². The molecule has 1 fully saturated rings. The fourth-order valence-electron chi connectivity index (χ4n) is 3.26. The van der Waals surface area contributed by atoms with Crippen molar-refractivity contribution in [2.75, 3.05) is 36.4 Å². The molecule has 0 saturated carbocycles. The van der Waals surface area contributed by atoms with Gasteiger partial charge in [-0.25, -0.2) is 18.4 Å².